The Morgan fingerprint density at radius 2 is 2.24 bits per heavy atom. The van der Waals surface area contributed by atoms with E-state index in [0.29, 0.717) is 17.8 Å². The van der Waals surface area contributed by atoms with Crippen LogP contribution in [0, 0.1) is 5.92 Å². The highest BCUT2D eigenvalue weighted by atomic mass is 16.4. The van der Waals surface area contributed by atoms with Gasteiger partial charge in [0, 0.05) is 0 Å². The van der Waals surface area contributed by atoms with Crippen LogP contribution in [0.2, 0.25) is 0 Å². The van der Waals surface area contributed by atoms with Crippen molar-refractivity contribution in [1.29, 1.82) is 0 Å². The minimum Gasteiger partial charge on any atom is -0.481 e. The summed E-state index contributed by atoms with van der Waals surface area (Å²) in [7, 11) is 0. The summed E-state index contributed by atoms with van der Waals surface area (Å²) >= 11 is 0. The quantitative estimate of drug-likeness (QED) is 0.839. The number of nitrogens with zero attached hydrogens (tertiary/aromatic N) is 5. The van der Waals surface area contributed by atoms with Gasteiger partial charge in [0.15, 0.2) is 5.65 Å². The lowest BCUT2D eigenvalue weighted by atomic mass is 9.94. The zero-order valence-electron chi connectivity index (χ0n) is 9.61. The van der Waals surface area contributed by atoms with E-state index in [1.165, 1.54) is 4.63 Å². The molecular weight excluding hydrogens is 222 g/mol. The first kappa shape index (κ1) is 11.4. The molecule has 1 N–H and O–H groups in total. The molecule has 0 bridgehead atoms. The summed E-state index contributed by atoms with van der Waals surface area (Å²) in [6.07, 6.45) is 0.538. The molecule has 2 heterocycles. The molecule has 1 unspecified atom stereocenters. The summed E-state index contributed by atoms with van der Waals surface area (Å²) in [6.45, 7) is 3.96. The molecule has 2 rings (SSSR count). The average Bonchev–Trinajstić information content (AvgIpc) is 2.72. The van der Waals surface area contributed by atoms with Crippen molar-refractivity contribution in [2.24, 2.45) is 5.92 Å². The van der Waals surface area contributed by atoms with E-state index in [2.05, 4.69) is 20.6 Å². The number of carboxylic acid groups (broad SMARTS) is 1. The van der Waals surface area contributed by atoms with Crippen LogP contribution in [0.25, 0.3) is 5.65 Å². The monoisotopic (exact) mass is 235 g/mol. The SMILES string of the molecule is CC(C)CC(C(=O)O)c1ccc2nnnn2n1. The Balaban J connectivity index is 2.37. The molecule has 0 spiro atoms. The number of hydrogen-bond donors (Lipinski definition) is 1. The molecule has 17 heavy (non-hydrogen) atoms. The lowest BCUT2D eigenvalue weighted by Crippen LogP contribution is -2.16. The van der Waals surface area contributed by atoms with Gasteiger partial charge in [-0.2, -0.15) is 5.10 Å². The molecule has 0 aliphatic heterocycles. The third-order valence-electron chi connectivity index (χ3n) is 2.45. The van der Waals surface area contributed by atoms with Crippen molar-refractivity contribution in [3.63, 3.8) is 0 Å². The molecule has 90 valence electrons. The van der Waals surface area contributed by atoms with Gasteiger partial charge in [-0.3, -0.25) is 4.79 Å². The van der Waals surface area contributed by atoms with E-state index in [9.17, 15) is 9.90 Å². The van der Waals surface area contributed by atoms with Crippen LogP contribution >= 0.6 is 0 Å². The molecule has 2 aromatic rings. The number of aromatic nitrogens is 5. The largest absolute Gasteiger partial charge is 0.481 e. The zero-order chi connectivity index (χ0) is 12.4. The minimum absolute atomic E-state index is 0.280. The molecule has 0 amide bonds. The Labute approximate surface area is 97.4 Å². The molecule has 0 aliphatic rings. The molecule has 7 nitrogen and oxygen atoms in total. The standard InChI is InChI=1S/C10H13N5O2/c1-6(2)5-7(10(16)17)8-3-4-9-11-13-14-15(9)12-8/h3-4,6-7H,5H2,1-2H3,(H,16,17). The van der Waals surface area contributed by atoms with Gasteiger partial charge in [-0.15, -0.1) is 9.73 Å². The minimum atomic E-state index is -0.876. The van der Waals surface area contributed by atoms with E-state index in [-0.39, 0.29) is 5.92 Å². The van der Waals surface area contributed by atoms with Crippen LogP contribution in [0.3, 0.4) is 0 Å². The summed E-state index contributed by atoms with van der Waals surface area (Å²) in [6, 6.07) is 3.32. The van der Waals surface area contributed by atoms with Crippen LogP contribution < -0.4 is 0 Å². The van der Waals surface area contributed by atoms with Crippen molar-refractivity contribution in [2.75, 3.05) is 0 Å². The first-order chi connectivity index (χ1) is 8.08. The molecule has 0 radical (unpaired) electrons. The van der Waals surface area contributed by atoms with E-state index >= 15 is 0 Å². The highest BCUT2D eigenvalue weighted by Crippen LogP contribution is 2.22. The van der Waals surface area contributed by atoms with E-state index in [4.69, 9.17) is 0 Å². The summed E-state index contributed by atoms with van der Waals surface area (Å²) in [5, 5.41) is 24.1. The number of rotatable bonds is 4. The maximum atomic E-state index is 11.2. The van der Waals surface area contributed by atoms with Gasteiger partial charge in [-0.05, 0) is 34.9 Å². The normalized spacial score (nSPS) is 13.1. The van der Waals surface area contributed by atoms with Crippen LogP contribution in [0.15, 0.2) is 12.1 Å². The third kappa shape index (κ3) is 2.38. The first-order valence-corrected chi connectivity index (χ1v) is 5.36. The Hall–Kier alpha value is -2.05. The van der Waals surface area contributed by atoms with E-state index < -0.39 is 11.9 Å². The van der Waals surface area contributed by atoms with Gasteiger partial charge in [-0.25, -0.2) is 0 Å². The van der Waals surface area contributed by atoms with Crippen molar-refractivity contribution in [2.45, 2.75) is 26.2 Å². The maximum absolute atomic E-state index is 11.2. The molecule has 0 fully saturated rings. The summed E-state index contributed by atoms with van der Waals surface area (Å²) in [5.74, 6) is -1.22. The van der Waals surface area contributed by atoms with Crippen molar-refractivity contribution in [3.05, 3.63) is 17.8 Å². The topological polar surface area (TPSA) is 93.3 Å². The highest BCUT2D eigenvalue weighted by molar-refractivity contribution is 5.75. The van der Waals surface area contributed by atoms with Crippen molar-refractivity contribution in [1.82, 2.24) is 25.3 Å². The predicted molar refractivity (Wildman–Crippen MR) is 58.4 cm³/mol. The fourth-order valence-electron chi connectivity index (χ4n) is 1.67. The Kier molecular flexibility index (Phi) is 2.99. The van der Waals surface area contributed by atoms with Gasteiger partial charge < -0.3 is 5.11 Å². The van der Waals surface area contributed by atoms with Crippen molar-refractivity contribution < 1.29 is 9.90 Å². The van der Waals surface area contributed by atoms with Crippen LogP contribution in [0.1, 0.15) is 31.9 Å². The number of aliphatic carboxylic acids is 1. The summed E-state index contributed by atoms with van der Waals surface area (Å²) in [4.78, 5) is 11.2. The van der Waals surface area contributed by atoms with Gasteiger partial charge in [0.05, 0.1) is 5.69 Å². The lowest BCUT2D eigenvalue weighted by molar-refractivity contribution is -0.139. The maximum Gasteiger partial charge on any atom is 0.312 e. The fraction of sp³-hybridized carbons (Fsp3) is 0.500. The molecule has 0 saturated carbocycles. The molecule has 0 aliphatic carbocycles. The summed E-state index contributed by atoms with van der Waals surface area (Å²) in [5.41, 5.74) is 0.980. The second kappa shape index (κ2) is 4.44. The van der Waals surface area contributed by atoms with Crippen LogP contribution in [0.4, 0.5) is 0 Å². The van der Waals surface area contributed by atoms with Crippen molar-refractivity contribution >= 4 is 11.6 Å². The molecular formula is C10H13N5O2. The van der Waals surface area contributed by atoms with E-state index in [0.717, 1.165) is 0 Å². The predicted octanol–water partition coefficient (Wildman–Crippen LogP) is 0.734. The third-order valence-corrected chi connectivity index (χ3v) is 2.45. The first-order valence-electron chi connectivity index (χ1n) is 5.36. The van der Waals surface area contributed by atoms with Crippen LogP contribution in [-0.2, 0) is 4.79 Å². The zero-order valence-corrected chi connectivity index (χ0v) is 9.61. The number of carboxylic acids is 1. The molecule has 0 saturated heterocycles. The highest BCUT2D eigenvalue weighted by Gasteiger charge is 2.23. The van der Waals surface area contributed by atoms with Crippen molar-refractivity contribution in [3.8, 4) is 0 Å². The summed E-state index contributed by atoms with van der Waals surface area (Å²) < 4.78 is 1.24. The molecule has 7 heteroatoms. The smallest absolute Gasteiger partial charge is 0.312 e. The van der Waals surface area contributed by atoms with Gasteiger partial charge in [-0.1, -0.05) is 13.8 Å². The lowest BCUT2D eigenvalue weighted by Gasteiger charge is -2.13. The molecule has 0 aromatic carbocycles. The van der Waals surface area contributed by atoms with Gasteiger partial charge in [0.2, 0.25) is 0 Å². The number of fused-ring (bicyclic) bond motifs is 1. The molecule has 1 atom stereocenters. The number of carbonyl (C=O) groups is 1. The molecule has 2 aromatic heterocycles. The number of tetrazole rings is 1. The van der Waals surface area contributed by atoms with E-state index in [1.807, 2.05) is 13.8 Å². The van der Waals surface area contributed by atoms with E-state index in [1.54, 1.807) is 12.1 Å². The van der Waals surface area contributed by atoms with Gasteiger partial charge in [0.1, 0.15) is 5.92 Å². The Morgan fingerprint density at radius 1 is 1.47 bits per heavy atom. The van der Waals surface area contributed by atoms with Crippen LogP contribution in [0.5, 0.6) is 0 Å². The fourth-order valence-corrected chi connectivity index (χ4v) is 1.67. The second-order valence-electron chi connectivity index (χ2n) is 4.31. The average molecular weight is 235 g/mol. The second-order valence-corrected chi connectivity index (χ2v) is 4.31. The van der Waals surface area contributed by atoms with Gasteiger partial charge >= 0.3 is 5.97 Å². The Morgan fingerprint density at radius 3 is 2.88 bits per heavy atom. The van der Waals surface area contributed by atoms with Crippen LogP contribution in [-0.4, -0.2) is 36.3 Å². The number of hydrogen-bond acceptors (Lipinski definition) is 5. The Bertz CT molecular complexity index is 536. The van der Waals surface area contributed by atoms with Gasteiger partial charge in [0.25, 0.3) is 0 Å².